The van der Waals surface area contributed by atoms with Crippen LogP contribution in [0.25, 0.3) is 10.8 Å². The predicted octanol–water partition coefficient (Wildman–Crippen LogP) is 4.70. The lowest BCUT2D eigenvalue weighted by atomic mass is 9.77. The number of hydrogen-bond acceptors (Lipinski definition) is 4. The van der Waals surface area contributed by atoms with E-state index in [1.54, 1.807) is 6.92 Å². The Morgan fingerprint density at radius 2 is 1.87 bits per heavy atom. The van der Waals surface area contributed by atoms with Gasteiger partial charge < -0.3 is 20.7 Å². The maximum absolute atomic E-state index is 11.9. The summed E-state index contributed by atoms with van der Waals surface area (Å²) in [5, 5.41) is 23.0. The highest BCUT2D eigenvalue weighted by molar-refractivity contribution is 5.86. The molecular weight excluding hydrogens is 378 g/mol. The zero-order valence-corrected chi connectivity index (χ0v) is 18.7. The topological polar surface area (TPSA) is 92.8 Å². The van der Waals surface area contributed by atoms with Crippen LogP contribution in [-0.2, 0) is 16.1 Å². The largest absolute Gasteiger partial charge is 0.481 e. The van der Waals surface area contributed by atoms with Gasteiger partial charge in [-0.2, -0.15) is 0 Å². The van der Waals surface area contributed by atoms with E-state index < -0.39 is 30.0 Å². The summed E-state index contributed by atoms with van der Waals surface area (Å²) in [6, 6.07) is 11.5. The molecule has 4 N–H and O–H groups in total. The quantitative estimate of drug-likeness (QED) is 0.437. The highest BCUT2D eigenvalue weighted by Gasteiger charge is 2.35. The van der Waals surface area contributed by atoms with Gasteiger partial charge in [0.25, 0.3) is 0 Å². The van der Waals surface area contributed by atoms with Gasteiger partial charge in [-0.05, 0) is 40.7 Å². The predicted molar refractivity (Wildman–Crippen MR) is 121 cm³/mol. The van der Waals surface area contributed by atoms with Crippen molar-refractivity contribution in [1.82, 2.24) is 0 Å². The first-order valence-electron chi connectivity index (χ1n) is 11.1. The normalized spacial score (nSPS) is 16.7. The van der Waals surface area contributed by atoms with E-state index in [0.717, 1.165) is 34.7 Å². The van der Waals surface area contributed by atoms with Crippen LogP contribution in [0.1, 0.15) is 64.0 Å². The van der Waals surface area contributed by atoms with Crippen LogP contribution >= 0.6 is 0 Å². The van der Waals surface area contributed by atoms with Crippen LogP contribution in [0.3, 0.4) is 0 Å². The first-order valence-corrected chi connectivity index (χ1v) is 11.1. The number of carbonyl (C=O) groups is 1. The second-order valence-corrected chi connectivity index (χ2v) is 8.51. The number of nitrogens with two attached hydrogens (primary N) is 1. The zero-order valence-electron chi connectivity index (χ0n) is 18.7. The molecule has 0 spiro atoms. The molecule has 0 amide bonds. The molecule has 5 atom stereocenters. The third kappa shape index (κ3) is 6.03. The number of ether oxygens (including phenoxy) is 1. The number of fused-ring (bicyclic) bond motifs is 1. The van der Waals surface area contributed by atoms with Gasteiger partial charge in [0.15, 0.2) is 0 Å². The molecule has 2 rings (SSSR count). The minimum Gasteiger partial charge on any atom is -0.481 e. The third-order valence-electron chi connectivity index (χ3n) is 6.07. The number of aliphatic carboxylic acids is 1. The standard InChI is InChI=1S/C25H37NO4/c1-5-11-30-15-20-14-19(13-18-9-7-8-10-21(18)20)23(17(4)25(28)29)24(27)22(26)12-16(3)6-2/h7-10,13-14,16-17,22-24,27H,5-6,11-12,15,26H2,1-4H3,(H,28,29)/t16-,17?,22-,23?,24+/m0/s1. The average molecular weight is 416 g/mol. The summed E-state index contributed by atoms with van der Waals surface area (Å²) in [6.45, 7) is 9.01. The van der Waals surface area contributed by atoms with Gasteiger partial charge in [0.1, 0.15) is 0 Å². The summed E-state index contributed by atoms with van der Waals surface area (Å²) in [4.78, 5) is 11.9. The van der Waals surface area contributed by atoms with Crippen molar-refractivity contribution in [2.24, 2.45) is 17.6 Å². The molecule has 2 aromatic carbocycles. The summed E-state index contributed by atoms with van der Waals surface area (Å²) in [7, 11) is 0. The monoisotopic (exact) mass is 415 g/mol. The van der Waals surface area contributed by atoms with Gasteiger partial charge in [-0.1, -0.05) is 70.5 Å². The Hall–Kier alpha value is -1.95. The lowest BCUT2D eigenvalue weighted by Gasteiger charge is -2.32. The summed E-state index contributed by atoms with van der Waals surface area (Å²) < 4.78 is 5.79. The van der Waals surface area contributed by atoms with E-state index in [2.05, 4.69) is 20.8 Å². The molecule has 0 bridgehead atoms. The summed E-state index contributed by atoms with van der Waals surface area (Å²) in [5.41, 5.74) is 8.15. The number of aliphatic hydroxyl groups excluding tert-OH is 1. The van der Waals surface area contributed by atoms with Crippen molar-refractivity contribution in [2.75, 3.05) is 6.61 Å². The molecule has 2 aromatic rings. The first kappa shape index (κ1) is 24.3. The molecule has 0 aliphatic rings. The molecule has 5 nitrogen and oxygen atoms in total. The van der Waals surface area contributed by atoms with Crippen LogP contribution in [0.5, 0.6) is 0 Å². The maximum atomic E-state index is 11.9. The Kier molecular flexibility index (Phi) is 9.28. The number of carboxylic acid groups (broad SMARTS) is 1. The van der Waals surface area contributed by atoms with Gasteiger partial charge in [-0.25, -0.2) is 0 Å². The summed E-state index contributed by atoms with van der Waals surface area (Å²) >= 11 is 0. The van der Waals surface area contributed by atoms with E-state index >= 15 is 0 Å². The number of carboxylic acids is 1. The Bertz CT molecular complexity index is 822. The van der Waals surface area contributed by atoms with Crippen molar-refractivity contribution in [3.05, 3.63) is 47.5 Å². The van der Waals surface area contributed by atoms with Crippen molar-refractivity contribution in [2.45, 2.75) is 71.6 Å². The second kappa shape index (κ2) is 11.4. The van der Waals surface area contributed by atoms with Gasteiger partial charge in [-0.15, -0.1) is 0 Å². The molecule has 0 aromatic heterocycles. The van der Waals surface area contributed by atoms with Crippen molar-refractivity contribution in [3.8, 4) is 0 Å². The fourth-order valence-corrected chi connectivity index (χ4v) is 4.03. The number of hydrogen-bond donors (Lipinski definition) is 3. The minimum absolute atomic E-state index is 0.366. The number of rotatable bonds is 12. The highest BCUT2D eigenvalue weighted by atomic mass is 16.5. The molecule has 0 saturated heterocycles. The van der Waals surface area contributed by atoms with E-state index in [1.807, 2.05) is 36.4 Å². The molecule has 2 unspecified atom stereocenters. The molecule has 5 heteroatoms. The SMILES string of the molecule is CCCOCc1cc(C(C(C)C(=O)O)[C@H](O)[C@@H](N)C[C@@H](C)CC)cc2ccccc12. The molecular formula is C25H37NO4. The van der Waals surface area contributed by atoms with Gasteiger partial charge in [0.2, 0.25) is 0 Å². The van der Waals surface area contributed by atoms with Crippen LogP contribution in [0.4, 0.5) is 0 Å². The van der Waals surface area contributed by atoms with E-state index in [4.69, 9.17) is 10.5 Å². The second-order valence-electron chi connectivity index (χ2n) is 8.51. The van der Waals surface area contributed by atoms with Crippen molar-refractivity contribution in [1.29, 1.82) is 0 Å². The van der Waals surface area contributed by atoms with Crippen molar-refractivity contribution in [3.63, 3.8) is 0 Å². The van der Waals surface area contributed by atoms with Gasteiger partial charge in [0.05, 0.1) is 18.6 Å². The molecule has 166 valence electrons. The number of aliphatic hydroxyl groups is 1. The van der Waals surface area contributed by atoms with Crippen LogP contribution in [0.15, 0.2) is 36.4 Å². The van der Waals surface area contributed by atoms with Crippen LogP contribution in [-0.4, -0.2) is 34.9 Å². The van der Waals surface area contributed by atoms with Crippen LogP contribution < -0.4 is 5.73 Å². The Balaban J connectivity index is 2.50. The van der Waals surface area contributed by atoms with Crippen LogP contribution in [0.2, 0.25) is 0 Å². The van der Waals surface area contributed by atoms with Gasteiger partial charge >= 0.3 is 5.97 Å². The van der Waals surface area contributed by atoms with Gasteiger partial charge in [-0.3, -0.25) is 4.79 Å². The molecule has 0 saturated carbocycles. The summed E-state index contributed by atoms with van der Waals surface area (Å²) in [5.74, 6) is -1.94. The average Bonchev–Trinajstić information content (AvgIpc) is 2.73. The lowest BCUT2D eigenvalue weighted by molar-refractivity contribution is -0.143. The maximum Gasteiger partial charge on any atom is 0.306 e. The van der Waals surface area contributed by atoms with Gasteiger partial charge in [0, 0.05) is 18.6 Å². The Morgan fingerprint density at radius 1 is 1.17 bits per heavy atom. The lowest BCUT2D eigenvalue weighted by Crippen LogP contribution is -2.43. The Labute approximate surface area is 180 Å². The van der Waals surface area contributed by atoms with E-state index in [9.17, 15) is 15.0 Å². The fraction of sp³-hybridized carbons (Fsp3) is 0.560. The smallest absolute Gasteiger partial charge is 0.306 e. The van der Waals surface area contributed by atoms with Crippen molar-refractivity contribution < 1.29 is 19.7 Å². The highest BCUT2D eigenvalue weighted by Crippen LogP contribution is 2.35. The molecule has 0 fully saturated rings. The first-order chi connectivity index (χ1) is 14.3. The van der Waals surface area contributed by atoms with Crippen LogP contribution in [0, 0.1) is 11.8 Å². The molecule has 0 aliphatic heterocycles. The van der Waals surface area contributed by atoms with E-state index in [-0.39, 0.29) is 0 Å². The molecule has 30 heavy (non-hydrogen) atoms. The van der Waals surface area contributed by atoms with E-state index in [1.165, 1.54) is 0 Å². The van der Waals surface area contributed by atoms with Crippen molar-refractivity contribution >= 4 is 16.7 Å². The van der Waals surface area contributed by atoms with E-state index in [0.29, 0.717) is 25.6 Å². The third-order valence-corrected chi connectivity index (χ3v) is 6.07. The molecule has 0 heterocycles. The summed E-state index contributed by atoms with van der Waals surface area (Å²) in [6.07, 6.45) is 1.60. The molecule has 0 aliphatic carbocycles. The zero-order chi connectivity index (χ0) is 22.3. The molecule has 0 radical (unpaired) electrons. The fourth-order valence-electron chi connectivity index (χ4n) is 4.03. The Morgan fingerprint density at radius 3 is 2.50 bits per heavy atom. The minimum atomic E-state index is -0.948. The number of benzene rings is 2.